The summed E-state index contributed by atoms with van der Waals surface area (Å²) >= 11 is 6.08. The molecule has 1 heterocycles. The number of nitrogens with zero attached hydrogens (tertiary/aromatic N) is 1. The van der Waals surface area contributed by atoms with E-state index in [4.69, 9.17) is 11.6 Å². The fourth-order valence-corrected chi connectivity index (χ4v) is 2.82. The van der Waals surface area contributed by atoms with Crippen LogP contribution in [0.4, 0.5) is 0 Å². The van der Waals surface area contributed by atoms with Gasteiger partial charge in [-0.25, -0.2) is 0 Å². The SMILES string of the molecule is Cc1cc(Cl)c(C(=O)NC2CCCC2(C)C)cn1. The van der Waals surface area contributed by atoms with Crippen molar-refractivity contribution in [1.29, 1.82) is 0 Å². The molecule has 0 bridgehead atoms. The Morgan fingerprint density at radius 2 is 2.28 bits per heavy atom. The predicted molar refractivity (Wildman–Crippen MR) is 72.9 cm³/mol. The first-order chi connectivity index (χ1) is 8.40. The molecule has 1 amide bonds. The molecule has 1 aromatic rings. The normalized spacial score (nSPS) is 21.9. The van der Waals surface area contributed by atoms with Crippen LogP contribution in [0, 0.1) is 12.3 Å². The first-order valence-corrected chi connectivity index (χ1v) is 6.71. The van der Waals surface area contributed by atoms with E-state index in [0.717, 1.165) is 25.0 Å². The fourth-order valence-electron chi connectivity index (χ4n) is 2.52. The van der Waals surface area contributed by atoms with Gasteiger partial charge in [0.15, 0.2) is 0 Å². The zero-order chi connectivity index (χ0) is 13.3. The van der Waals surface area contributed by atoms with Gasteiger partial charge in [0.1, 0.15) is 0 Å². The Morgan fingerprint density at radius 1 is 1.56 bits per heavy atom. The van der Waals surface area contributed by atoms with Crippen molar-refractivity contribution in [3.05, 3.63) is 28.5 Å². The molecule has 2 rings (SSSR count). The molecule has 1 aliphatic carbocycles. The van der Waals surface area contributed by atoms with Gasteiger partial charge < -0.3 is 5.32 Å². The van der Waals surface area contributed by atoms with Gasteiger partial charge in [-0.05, 0) is 31.2 Å². The minimum Gasteiger partial charge on any atom is -0.349 e. The third kappa shape index (κ3) is 2.66. The van der Waals surface area contributed by atoms with E-state index in [1.54, 1.807) is 12.3 Å². The molecule has 1 atom stereocenters. The van der Waals surface area contributed by atoms with E-state index in [2.05, 4.69) is 24.1 Å². The molecule has 0 aromatic carbocycles. The molecule has 0 spiro atoms. The Hall–Kier alpha value is -1.09. The minimum atomic E-state index is -0.118. The Balaban J connectivity index is 2.13. The van der Waals surface area contributed by atoms with Crippen molar-refractivity contribution < 1.29 is 4.79 Å². The molecule has 18 heavy (non-hydrogen) atoms. The monoisotopic (exact) mass is 266 g/mol. The van der Waals surface area contributed by atoms with Crippen LogP contribution >= 0.6 is 11.6 Å². The standard InChI is InChI=1S/C14H19ClN2O/c1-9-7-11(15)10(8-16-9)13(18)17-12-5-4-6-14(12,2)3/h7-8,12H,4-6H2,1-3H3,(H,17,18). The maximum atomic E-state index is 12.2. The lowest BCUT2D eigenvalue weighted by Gasteiger charge is -2.27. The van der Waals surface area contributed by atoms with Crippen molar-refractivity contribution in [2.24, 2.45) is 5.41 Å². The summed E-state index contributed by atoms with van der Waals surface area (Å²) in [6, 6.07) is 1.94. The lowest BCUT2D eigenvalue weighted by Crippen LogP contribution is -2.41. The summed E-state index contributed by atoms with van der Waals surface area (Å²) in [6.07, 6.45) is 4.90. The summed E-state index contributed by atoms with van der Waals surface area (Å²) < 4.78 is 0. The van der Waals surface area contributed by atoms with Crippen molar-refractivity contribution in [2.75, 3.05) is 0 Å². The summed E-state index contributed by atoms with van der Waals surface area (Å²) in [7, 11) is 0. The number of carbonyl (C=O) groups excluding carboxylic acids is 1. The molecule has 0 saturated heterocycles. The quantitative estimate of drug-likeness (QED) is 0.892. The summed E-state index contributed by atoms with van der Waals surface area (Å²) in [4.78, 5) is 16.3. The van der Waals surface area contributed by atoms with Gasteiger partial charge in [-0.15, -0.1) is 0 Å². The van der Waals surface area contributed by atoms with E-state index < -0.39 is 0 Å². The van der Waals surface area contributed by atoms with Crippen LogP contribution in [0.2, 0.25) is 5.02 Å². The molecule has 1 saturated carbocycles. The van der Waals surface area contributed by atoms with Crippen LogP contribution in [0.3, 0.4) is 0 Å². The average Bonchev–Trinajstić information content (AvgIpc) is 2.58. The Kier molecular flexibility index (Phi) is 3.62. The van der Waals surface area contributed by atoms with Gasteiger partial charge in [-0.3, -0.25) is 9.78 Å². The fraction of sp³-hybridized carbons (Fsp3) is 0.571. The van der Waals surface area contributed by atoms with Gasteiger partial charge in [0, 0.05) is 17.9 Å². The van der Waals surface area contributed by atoms with Crippen LogP contribution in [-0.2, 0) is 0 Å². The summed E-state index contributed by atoms with van der Waals surface area (Å²) in [5, 5.41) is 3.55. The Bertz CT molecular complexity index is 471. The van der Waals surface area contributed by atoms with Crippen LogP contribution in [-0.4, -0.2) is 16.9 Å². The van der Waals surface area contributed by atoms with Gasteiger partial charge >= 0.3 is 0 Å². The number of rotatable bonds is 2. The molecule has 1 N–H and O–H groups in total. The number of aromatic nitrogens is 1. The topological polar surface area (TPSA) is 42.0 Å². The highest BCUT2D eigenvalue weighted by molar-refractivity contribution is 6.33. The van der Waals surface area contributed by atoms with Gasteiger partial charge in [0.25, 0.3) is 5.91 Å². The number of amides is 1. The van der Waals surface area contributed by atoms with Crippen LogP contribution in [0.5, 0.6) is 0 Å². The van der Waals surface area contributed by atoms with Crippen LogP contribution < -0.4 is 5.32 Å². The van der Waals surface area contributed by atoms with Gasteiger partial charge in [0.05, 0.1) is 10.6 Å². The zero-order valence-corrected chi connectivity index (χ0v) is 11.8. The molecule has 98 valence electrons. The second-order valence-corrected chi connectivity index (χ2v) is 6.12. The van der Waals surface area contributed by atoms with E-state index in [0.29, 0.717) is 10.6 Å². The highest BCUT2D eigenvalue weighted by Gasteiger charge is 2.35. The maximum Gasteiger partial charge on any atom is 0.254 e. The molecule has 1 fully saturated rings. The van der Waals surface area contributed by atoms with Gasteiger partial charge in [-0.1, -0.05) is 31.9 Å². The number of nitrogens with one attached hydrogen (secondary N) is 1. The third-order valence-electron chi connectivity index (χ3n) is 3.80. The third-order valence-corrected chi connectivity index (χ3v) is 4.11. The van der Waals surface area contributed by atoms with E-state index in [1.807, 2.05) is 6.92 Å². The van der Waals surface area contributed by atoms with Gasteiger partial charge in [0.2, 0.25) is 0 Å². The lowest BCUT2D eigenvalue weighted by atomic mass is 9.87. The predicted octanol–water partition coefficient (Wildman–Crippen LogP) is 3.35. The molecule has 0 radical (unpaired) electrons. The van der Waals surface area contributed by atoms with E-state index in [-0.39, 0.29) is 17.4 Å². The molecule has 0 aliphatic heterocycles. The first-order valence-electron chi connectivity index (χ1n) is 6.33. The largest absolute Gasteiger partial charge is 0.349 e. The molecule has 1 unspecified atom stereocenters. The van der Waals surface area contributed by atoms with E-state index >= 15 is 0 Å². The lowest BCUT2D eigenvalue weighted by molar-refractivity contribution is 0.0910. The van der Waals surface area contributed by atoms with Crippen LogP contribution in [0.15, 0.2) is 12.3 Å². The van der Waals surface area contributed by atoms with Crippen LogP contribution in [0.25, 0.3) is 0 Å². The van der Waals surface area contributed by atoms with Crippen molar-refractivity contribution in [2.45, 2.75) is 46.1 Å². The van der Waals surface area contributed by atoms with E-state index in [1.165, 1.54) is 0 Å². The number of aryl methyl sites for hydroxylation is 1. The molecule has 1 aliphatic rings. The Morgan fingerprint density at radius 3 is 2.83 bits per heavy atom. The summed E-state index contributed by atoms with van der Waals surface area (Å²) in [6.45, 7) is 6.24. The van der Waals surface area contributed by atoms with Crippen molar-refractivity contribution in [3.8, 4) is 0 Å². The second-order valence-electron chi connectivity index (χ2n) is 5.71. The van der Waals surface area contributed by atoms with Crippen molar-refractivity contribution in [1.82, 2.24) is 10.3 Å². The Labute approximate surface area is 113 Å². The molecular formula is C14H19ClN2O. The van der Waals surface area contributed by atoms with Crippen molar-refractivity contribution in [3.63, 3.8) is 0 Å². The second kappa shape index (κ2) is 4.88. The number of hydrogen-bond donors (Lipinski definition) is 1. The van der Waals surface area contributed by atoms with Crippen LogP contribution in [0.1, 0.15) is 49.2 Å². The molecule has 1 aromatic heterocycles. The zero-order valence-electron chi connectivity index (χ0n) is 11.1. The minimum absolute atomic E-state index is 0.118. The average molecular weight is 267 g/mol. The molecule has 4 heteroatoms. The van der Waals surface area contributed by atoms with Gasteiger partial charge in [-0.2, -0.15) is 0 Å². The van der Waals surface area contributed by atoms with E-state index in [9.17, 15) is 4.79 Å². The summed E-state index contributed by atoms with van der Waals surface area (Å²) in [5.74, 6) is -0.118. The smallest absolute Gasteiger partial charge is 0.254 e. The highest BCUT2D eigenvalue weighted by Crippen LogP contribution is 2.37. The molecule has 3 nitrogen and oxygen atoms in total. The first kappa shape index (κ1) is 13.3. The maximum absolute atomic E-state index is 12.2. The number of halogens is 1. The highest BCUT2D eigenvalue weighted by atomic mass is 35.5. The molecular weight excluding hydrogens is 248 g/mol. The number of pyridine rings is 1. The summed E-state index contributed by atoms with van der Waals surface area (Å²) in [5.41, 5.74) is 1.45. The number of carbonyl (C=O) groups is 1. The van der Waals surface area contributed by atoms with Crippen molar-refractivity contribution >= 4 is 17.5 Å². The number of hydrogen-bond acceptors (Lipinski definition) is 2.